The standard InChI is InChI=1S/C13H16ClIN4O/c1-8(2)6-16-7-12-18-19-13(20-12)17-11-4-3-9(14)5-10(11)15/h3-5,8,16H,6-7H2,1-2H3,(H,17,19). The van der Waals surface area contributed by atoms with E-state index in [1.165, 1.54) is 0 Å². The van der Waals surface area contributed by atoms with Crippen molar-refractivity contribution >= 4 is 45.9 Å². The lowest BCUT2D eigenvalue weighted by molar-refractivity contribution is 0.460. The molecule has 7 heteroatoms. The maximum atomic E-state index is 5.91. The van der Waals surface area contributed by atoms with Gasteiger partial charge in [0.25, 0.3) is 0 Å². The number of halogens is 2. The molecule has 0 spiro atoms. The summed E-state index contributed by atoms with van der Waals surface area (Å²) in [5.41, 5.74) is 0.889. The Balaban J connectivity index is 1.95. The number of nitrogens with one attached hydrogen (secondary N) is 2. The van der Waals surface area contributed by atoms with Crippen LogP contribution in [-0.2, 0) is 6.54 Å². The van der Waals surface area contributed by atoms with Gasteiger partial charge in [0.15, 0.2) is 0 Å². The summed E-state index contributed by atoms with van der Waals surface area (Å²) in [6.45, 7) is 5.79. The third-order valence-electron chi connectivity index (χ3n) is 2.47. The van der Waals surface area contributed by atoms with Crippen LogP contribution in [0.5, 0.6) is 0 Å². The molecule has 1 heterocycles. The number of benzene rings is 1. The van der Waals surface area contributed by atoms with E-state index < -0.39 is 0 Å². The zero-order chi connectivity index (χ0) is 14.5. The van der Waals surface area contributed by atoms with Crippen LogP contribution in [-0.4, -0.2) is 16.7 Å². The predicted octanol–water partition coefficient (Wildman–Crippen LogP) is 3.82. The highest BCUT2D eigenvalue weighted by Crippen LogP contribution is 2.24. The van der Waals surface area contributed by atoms with Crippen LogP contribution in [0.1, 0.15) is 19.7 Å². The van der Waals surface area contributed by atoms with Gasteiger partial charge in [-0.05, 0) is 53.3 Å². The minimum atomic E-state index is 0.381. The van der Waals surface area contributed by atoms with Crippen molar-refractivity contribution in [1.82, 2.24) is 15.5 Å². The van der Waals surface area contributed by atoms with Crippen molar-refractivity contribution in [2.75, 3.05) is 11.9 Å². The molecule has 0 amide bonds. The van der Waals surface area contributed by atoms with Gasteiger partial charge < -0.3 is 15.1 Å². The Labute approximate surface area is 136 Å². The molecule has 0 saturated carbocycles. The first-order valence-electron chi connectivity index (χ1n) is 6.30. The van der Waals surface area contributed by atoms with Gasteiger partial charge in [0.05, 0.1) is 12.2 Å². The van der Waals surface area contributed by atoms with Gasteiger partial charge in [-0.2, -0.15) is 0 Å². The fourth-order valence-electron chi connectivity index (χ4n) is 1.55. The molecule has 1 aromatic heterocycles. The molecule has 0 bridgehead atoms. The summed E-state index contributed by atoms with van der Waals surface area (Å²) < 4.78 is 6.52. The molecule has 5 nitrogen and oxygen atoms in total. The van der Waals surface area contributed by atoms with Crippen molar-refractivity contribution in [3.05, 3.63) is 32.7 Å². The van der Waals surface area contributed by atoms with Gasteiger partial charge in [-0.1, -0.05) is 30.5 Å². The van der Waals surface area contributed by atoms with Gasteiger partial charge in [0, 0.05) is 8.59 Å². The van der Waals surface area contributed by atoms with E-state index in [1.54, 1.807) is 0 Å². The summed E-state index contributed by atoms with van der Waals surface area (Å²) in [7, 11) is 0. The molecule has 1 aromatic carbocycles. The summed E-state index contributed by atoms with van der Waals surface area (Å²) >= 11 is 8.11. The number of nitrogens with zero attached hydrogens (tertiary/aromatic N) is 2. The second-order valence-corrected chi connectivity index (χ2v) is 6.37. The predicted molar refractivity (Wildman–Crippen MR) is 88.3 cm³/mol. The van der Waals surface area contributed by atoms with Crippen molar-refractivity contribution in [2.24, 2.45) is 5.92 Å². The van der Waals surface area contributed by atoms with Crippen molar-refractivity contribution in [1.29, 1.82) is 0 Å². The fourth-order valence-corrected chi connectivity index (χ4v) is 2.56. The summed E-state index contributed by atoms with van der Waals surface area (Å²) in [6, 6.07) is 5.94. The maximum absolute atomic E-state index is 5.91. The van der Waals surface area contributed by atoms with E-state index in [9.17, 15) is 0 Å². The Kier molecular flexibility index (Phi) is 5.62. The second-order valence-electron chi connectivity index (χ2n) is 4.77. The minimum Gasteiger partial charge on any atom is -0.406 e. The maximum Gasteiger partial charge on any atom is 0.320 e. The zero-order valence-corrected chi connectivity index (χ0v) is 14.2. The lowest BCUT2D eigenvalue weighted by Gasteiger charge is -2.05. The molecule has 0 aliphatic carbocycles. The van der Waals surface area contributed by atoms with E-state index >= 15 is 0 Å². The van der Waals surface area contributed by atoms with Crippen LogP contribution in [0.2, 0.25) is 5.02 Å². The average Bonchev–Trinajstić information content (AvgIpc) is 2.80. The molecule has 0 unspecified atom stereocenters. The van der Waals surface area contributed by atoms with E-state index in [1.807, 2.05) is 18.2 Å². The molecule has 0 radical (unpaired) electrons. The average molecular weight is 407 g/mol. The highest BCUT2D eigenvalue weighted by Gasteiger charge is 2.08. The second kappa shape index (κ2) is 7.24. The Morgan fingerprint density at radius 1 is 1.35 bits per heavy atom. The molecule has 2 rings (SSSR count). The third-order valence-corrected chi connectivity index (χ3v) is 3.60. The number of aromatic nitrogens is 2. The summed E-state index contributed by atoms with van der Waals surface area (Å²) in [4.78, 5) is 0. The fraction of sp³-hybridized carbons (Fsp3) is 0.385. The van der Waals surface area contributed by atoms with E-state index in [0.29, 0.717) is 29.4 Å². The number of hydrogen-bond donors (Lipinski definition) is 2. The van der Waals surface area contributed by atoms with Gasteiger partial charge in [-0.3, -0.25) is 0 Å². The minimum absolute atomic E-state index is 0.381. The Morgan fingerprint density at radius 2 is 2.15 bits per heavy atom. The highest BCUT2D eigenvalue weighted by molar-refractivity contribution is 14.1. The molecule has 20 heavy (non-hydrogen) atoms. The number of anilines is 2. The SMILES string of the molecule is CC(C)CNCc1nnc(Nc2ccc(Cl)cc2I)o1. The molecule has 2 aromatic rings. The van der Waals surface area contributed by atoms with Crippen molar-refractivity contribution in [2.45, 2.75) is 20.4 Å². The largest absolute Gasteiger partial charge is 0.406 e. The molecular formula is C13H16ClIN4O. The Morgan fingerprint density at radius 3 is 2.85 bits per heavy atom. The number of rotatable bonds is 6. The molecule has 108 valence electrons. The van der Waals surface area contributed by atoms with Crippen molar-refractivity contribution in [3.63, 3.8) is 0 Å². The molecule has 0 aliphatic heterocycles. The van der Waals surface area contributed by atoms with Gasteiger partial charge in [0.1, 0.15) is 0 Å². The molecular weight excluding hydrogens is 391 g/mol. The zero-order valence-electron chi connectivity index (χ0n) is 11.3. The smallest absolute Gasteiger partial charge is 0.320 e. The molecule has 0 atom stereocenters. The molecule has 0 aliphatic rings. The summed E-state index contributed by atoms with van der Waals surface area (Å²) in [5.74, 6) is 1.16. The van der Waals surface area contributed by atoms with E-state index in [0.717, 1.165) is 15.8 Å². The van der Waals surface area contributed by atoms with Gasteiger partial charge in [-0.15, -0.1) is 5.10 Å². The normalized spacial score (nSPS) is 11.1. The van der Waals surface area contributed by atoms with Gasteiger partial charge in [-0.25, -0.2) is 0 Å². The summed E-state index contributed by atoms with van der Waals surface area (Å²) in [6.07, 6.45) is 0. The van der Waals surface area contributed by atoms with E-state index in [-0.39, 0.29) is 0 Å². The first-order chi connectivity index (χ1) is 9.54. The topological polar surface area (TPSA) is 63.0 Å². The Hall–Kier alpha value is -0.860. The van der Waals surface area contributed by atoms with E-state index in [4.69, 9.17) is 16.0 Å². The molecule has 0 fully saturated rings. The molecule has 2 N–H and O–H groups in total. The molecule has 0 saturated heterocycles. The van der Waals surface area contributed by atoms with Crippen LogP contribution < -0.4 is 10.6 Å². The van der Waals surface area contributed by atoms with Crippen LogP contribution in [0.4, 0.5) is 11.7 Å². The van der Waals surface area contributed by atoms with Crippen LogP contribution in [0.3, 0.4) is 0 Å². The van der Waals surface area contributed by atoms with Gasteiger partial charge in [0.2, 0.25) is 5.89 Å². The van der Waals surface area contributed by atoms with Crippen molar-refractivity contribution in [3.8, 4) is 0 Å². The van der Waals surface area contributed by atoms with Crippen molar-refractivity contribution < 1.29 is 4.42 Å². The first-order valence-corrected chi connectivity index (χ1v) is 7.75. The number of hydrogen-bond acceptors (Lipinski definition) is 5. The van der Waals surface area contributed by atoms with E-state index in [2.05, 4.69) is 57.3 Å². The highest BCUT2D eigenvalue weighted by atomic mass is 127. The lowest BCUT2D eigenvalue weighted by Crippen LogP contribution is -2.19. The Bertz CT molecular complexity index is 573. The van der Waals surface area contributed by atoms with Crippen LogP contribution in [0, 0.1) is 9.49 Å². The first kappa shape index (κ1) is 15.5. The third kappa shape index (κ3) is 4.60. The quantitative estimate of drug-likeness (QED) is 0.714. The lowest BCUT2D eigenvalue weighted by atomic mass is 10.2. The monoisotopic (exact) mass is 406 g/mol. The van der Waals surface area contributed by atoms with Crippen LogP contribution in [0.25, 0.3) is 0 Å². The van der Waals surface area contributed by atoms with Crippen LogP contribution >= 0.6 is 34.2 Å². The van der Waals surface area contributed by atoms with Crippen LogP contribution in [0.15, 0.2) is 22.6 Å². The van der Waals surface area contributed by atoms with Gasteiger partial charge >= 0.3 is 6.01 Å². The summed E-state index contributed by atoms with van der Waals surface area (Å²) in [5, 5.41) is 15.0.